The molecule has 43 heavy (non-hydrogen) atoms. The fourth-order valence-electron chi connectivity index (χ4n) is 4.77. The number of carbonyl (C=O) groups excluding carboxylic acids is 1. The lowest BCUT2D eigenvalue weighted by atomic mass is 10.0. The quantitative estimate of drug-likeness (QED) is 0.190. The van der Waals surface area contributed by atoms with Gasteiger partial charge in [0.2, 0.25) is 5.16 Å². The van der Waals surface area contributed by atoms with E-state index in [2.05, 4.69) is 20.8 Å². The molecule has 11 heteroatoms. The number of phenols is 1. The van der Waals surface area contributed by atoms with Gasteiger partial charge in [0.1, 0.15) is 5.75 Å². The molecule has 0 saturated carbocycles. The number of phenolic OH excluding ortho intramolecular Hbond substituents is 1. The Kier molecular flexibility index (Phi) is 8.75. The summed E-state index contributed by atoms with van der Waals surface area (Å²) in [5, 5.41) is 34.8. The predicted molar refractivity (Wildman–Crippen MR) is 161 cm³/mol. The third-order valence-electron chi connectivity index (χ3n) is 7.00. The molecule has 3 N–H and O–H groups in total. The van der Waals surface area contributed by atoms with Crippen molar-refractivity contribution < 1.29 is 24.5 Å². The second-order valence-electron chi connectivity index (χ2n) is 10.00. The van der Waals surface area contributed by atoms with Gasteiger partial charge in [0.05, 0.1) is 24.5 Å². The van der Waals surface area contributed by atoms with Crippen LogP contribution in [-0.4, -0.2) is 48.2 Å². The third kappa shape index (κ3) is 6.92. The number of thioether (sulfide) groups is 1. The number of hydrogen-bond acceptors (Lipinski definition) is 9. The highest BCUT2D eigenvalue weighted by Gasteiger charge is 2.33. The summed E-state index contributed by atoms with van der Waals surface area (Å²) in [7, 11) is 0. The van der Waals surface area contributed by atoms with Gasteiger partial charge in [-0.05, 0) is 70.1 Å². The topological polar surface area (TPSA) is 132 Å². The minimum Gasteiger partial charge on any atom is -0.508 e. The molecule has 2 heterocycles. The molecule has 10 nitrogen and oxygen atoms in total. The Labute approximate surface area is 252 Å². The van der Waals surface area contributed by atoms with E-state index in [-0.39, 0.29) is 30.5 Å². The maximum absolute atomic E-state index is 12.8. The molecular weight excluding hydrogens is 566 g/mol. The normalized spacial score (nSPS) is 18.3. The summed E-state index contributed by atoms with van der Waals surface area (Å²) in [6.45, 7) is -0.0337. The zero-order valence-electron chi connectivity index (χ0n) is 23.0. The standard InChI is InChI=1S/C32H29N5O5S/c38-19-21-9-11-22(12-10-21)29-18-28(20-43-32-34-35-36-37(32)26-13-15-27(39)16-14-26)41-31(42-29)24-7-4-8-25(17-24)33-30(40)23-5-2-1-3-6-23/h1-17,28-29,31,38-39H,18-20H2,(H,33,40)/t28-,29+,31+/m1/s1. The van der Waals surface area contributed by atoms with Crippen LogP contribution in [0.5, 0.6) is 5.75 Å². The zero-order valence-corrected chi connectivity index (χ0v) is 23.8. The number of benzene rings is 4. The highest BCUT2D eigenvalue weighted by molar-refractivity contribution is 7.99. The van der Waals surface area contributed by atoms with Crippen LogP contribution in [0.25, 0.3) is 5.69 Å². The number of aromatic nitrogens is 4. The maximum atomic E-state index is 12.8. The number of carbonyl (C=O) groups is 1. The highest BCUT2D eigenvalue weighted by atomic mass is 32.2. The van der Waals surface area contributed by atoms with E-state index in [0.717, 1.165) is 22.4 Å². The molecule has 3 atom stereocenters. The van der Waals surface area contributed by atoms with Gasteiger partial charge in [-0.2, -0.15) is 4.68 Å². The Morgan fingerprint density at radius 2 is 1.72 bits per heavy atom. The van der Waals surface area contributed by atoms with Crippen LogP contribution in [0.4, 0.5) is 5.69 Å². The summed E-state index contributed by atoms with van der Waals surface area (Å²) < 4.78 is 14.6. The van der Waals surface area contributed by atoms with E-state index in [1.165, 1.54) is 11.8 Å². The Bertz CT molecular complexity index is 1660. The number of amides is 1. The molecule has 6 rings (SSSR count). The lowest BCUT2D eigenvalue weighted by molar-refractivity contribution is -0.245. The third-order valence-corrected chi connectivity index (χ3v) is 8.05. The molecule has 0 bridgehead atoms. The van der Waals surface area contributed by atoms with E-state index in [9.17, 15) is 15.0 Å². The van der Waals surface area contributed by atoms with Crippen LogP contribution in [0.3, 0.4) is 0 Å². The average Bonchev–Trinajstić information content (AvgIpc) is 3.53. The monoisotopic (exact) mass is 595 g/mol. The van der Waals surface area contributed by atoms with E-state index in [4.69, 9.17) is 9.47 Å². The minimum absolute atomic E-state index is 0.0337. The van der Waals surface area contributed by atoms with Crippen LogP contribution in [0.2, 0.25) is 0 Å². The molecule has 0 aliphatic carbocycles. The van der Waals surface area contributed by atoms with Crippen LogP contribution in [0.15, 0.2) is 108 Å². The van der Waals surface area contributed by atoms with Gasteiger partial charge in [-0.3, -0.25) is 4.79 Å². The van der Waals surface area contributed by atoms with Crippen molar-refractivity contribution in [3.63, 3.8) is 0 Å². The fraction of sp³-hybridized carbons (Fsp3) is 0.188. The van der Waals surface area contributed by atoms with Gasteiger partial charge in [0.25, 0.3) is 5.91 Å². The number of aromatic hydroxyl groups is 1. The molecule has 218 valence electrons. The molecule has 1 aromatic heterocycles. The van der Waals surface area contributed by atoms with Crippen molar-refractivity contribution in [3.8, 4) is 11.4 Å². The number of anilines is 1. The summed E-state index contributed by atoms with van der Waals surface area (Å²) in [6.07, 6.45) is -0.595. The van der Waals surface area contributed by atoms with Crippen LogP contribution in [0.1, 0.15) is 45.9 Å². The summed E-state index contributed by atoms with van der Waals surface area (Å²) in [4.78, 5) is 12.8. The first-order valence-electron chi connectivity index (χ1n) is 13.7. The van der Waals surface area contributed by atoms with E-state index in [1.807, 2.05) is 66.7 Å². The van der Waals surface area contributed by atoms with Crippen molar-refractivity contribution >= 4 is 23.4 Å². The maximum Gasteiger partial charge on any atom is 0.255 e. The van der Waals surface area contributed by atoms with E-state index in [0.29, 0.717) is 28.6 Å². The van der Waals surface area contributed by atoms with Crippen molar-refractivity contribution in [2.75, 3.05) is 11.1 Å². The van der Waals surface area contributed by atoms with Crippen LogP contribution in [0, 0.1) is 0 Å². The molecule has 0 spiro atoms. The zero-order chi connectivity index (χ0) is 29.6. The lowest BCUT2D eigenvalue weighted by Gasteiger charge is -2.36. The molecule has 0 unspecified atom stereocenters. The van der Waals surface area contributed by atoms with Crippen molar-refractivity contribution in [1.82, 2.24) is 20.2 Å². The Morgan fingerprint density at radius 3 is 2.49 bits per heavy atom. The molecule has 1 aliphatic heterocycles. The number of nitrogens with zero attached hydrogens (tertiary/aromatic N) is 4. The average molecular weight is 596 g/mol. The molecular formula is C32H29N5O5S. The Balaban J connectivity index is 1.22. The number of rotatable bonds is 9. The largest absolute Gasteiger partial charge is 0.508 e. The van der Waals surface area contributed by atoms with Crippen LogP contribution >= 0.6 is 11.8 Å². The van der Waals surface area contributed by atoms with E-state index >= 15 is 0 Å². The minimum atomic E-state index is -0.691. The summed E-state index contributed by atoms with van der Waals surface area (Å²) >= 11 is 1.46. The molecule has 1 amide bonds. The molecule has 4 aromatic carbocycles. The number of nitrogens with one attached hydrogen (secondary N) is 1. The van der Waals surface area contributed by atoms with E-state index < -0.39 is 6.29 Å². The number of tetrazole rings is 1. The van der Waals surface area contributed by atoms with Gasteiger partial charge in [-0.25, -0.2) is 0 Å². The van der Waals surface area contributed by atoms with Gasteiger partial charge in [-0.15, -0.1) is 5.10 Å². The molecule has 5 aromatic rings. The van der Waals surface area contributed by atoms with Crippen LogP contribution in [-0.2, 0) is 16.1 Å². The van der Waals surface area contributed by atoms with E-state index in [1.54, 1.807) is 41.1 Å². The second kappa shape index (κ2) is 13.2. The number of aliphatic hydroxyl groups excluding tert-OH is 1. The number of hydrogen-bond donors (Lipinski definition) is 3. The van der Waals surface area contributed by atoms with Gasteiger partial charge in [-0.1, -0.05) is 66.4 Å². The van der Waals surface area contributed by atoms with Gasteiger partial charge in [0.15, 0.2) is 6.29 Å². The van der Waals surface area contributed by atoms with Crippen molar-refractivity contribution in [3.05, 3.63) is 125 Å². The van der Waals surface area contributed by atoms with Crippen LogP contribution < -0.4 is 5.32 Å². The molecule has 0 radical (unpaired) electrons. The van der Waals surface area contributed by atoms with Gasteiger partial charge in [0, 0.05) is 29.0 Å². The predicted octanol–water partition coefficient (Wildman–Crippen LogP) is 5.45. The molecule has 1 fully saturated rings. The summed E-state index contributed by atoms with van der Waals surface area (Å²) in [5.41, 5.74) is 4.49. The molecule has 1 aliphatic rings. The SMILES string of the molecule is O=C(Nc1cccc([C@H]2O[C@@H](CSc3nnnn3-c3ccc(O)cc3)C[C@@H](c3ccc(CO)cc3)O2)c1)c1ccccc1. The molecule has 1 saturated heterocycles. The van der Waals surface area contributed by atoms with Crippen molar-refractivity contribution in [2.24, 2.45) is 0 Å². The van der Waals surface area contributed by atoms with Crippen molar-refractivity contribution in [2.45, 2.75) is 36.7 Å². The first-order chi connectivity index (χ1) is 21.1. The first-order valence-corrected chi connectivity index (χ1v) is 14.7. The lowest BCUT2D eigenvalue weighted by Crippen LogP contribution is -2.31. The Hall–Kier alpha value is -4.55. The first kappa shape index (κ1) is 28.6. The van der Waals surface area contributed by atoms with Gasteiger partial charge >= 0.3 is 0 Å². The number of ether oxygens (including phenoxy) is 2. The second-order valence-corrected chi connectivity index (χ2v) is 11.0. The highest BCUT2D eigenvalue weighted by Crippen LogP contribution is 2.40. The van der Waals surface area contributed by atoms with Crippen molar-refractivity contribution in [1.29, 1.82) is 0 Å². The number of aliphatic hydroxyl groups is 1. The fourth-order valence-corrected chi connectivity index (χ4v) is 5.68. The smallest absolute Gasteiger partial charge is 0.255 e. The summed E-state index contributed by atoms with van der Waals surface area (Å²) in [5.74, 6) is 0.508. The Morgan fingerprint density at radius 1 is 0.930 bits per heavy atom. The van der Waals surface area contributed by atoms with Gasteiger partial charge < -0.3 is 25.0 Å². The summed E-state index contributed by atoms with van der Waals surface area (Å²) in [6, 6.07) is 30.9.